The topological polar surface area (TPSA) is 29.5 Å². The Labute approximate surface area is 78.2 Å². The van der Waals surface area contributed by atoms with Gasteiger partial charge in [0.1, 0.15) is 5.75 Å². The summed E-state index contributed by atoms with van der Waals surface area (Å²) in [4.78, 5) is 0. The van der Waals surface area contributed by atoms with Crippen LogP contribution in [-0.2, 0) is 6.42 Å². The first-order valence-corrected chi connectivity index (χ1v) is 4.66. The minimum atomic E-state index is -0.293. The highest BCUT2D eigenvalue weighted by Crippen LogP contribution is 2.31. The lowest BCUT2D eigenvalue weighted by molar-refractivity contribution is 0.156. The molecule has 0 saturated heterocycles. The zero-order chi connectivity index (χ0) is 9.26. The first-order chi connectivity index (χ1) is 6.31. The predicted molar refractivity (Wildman–Crippen MR) is 50.9 cm³/mol. The summed E-state index contributed by atoms with van der Waals surface area (Å²) in [6, 6.07) is 5.95. The van der Waals surface area contributed by atoms with E-state index in [-0.39, 0.29) is 6.10 Å². The van der Waals surface area contributed by atoms with Gasteiger partial charge in [-0.25, -0.2) is 0 Å². The molecule has 1 atom stereocenters. The number of aliphatic hydroxyl groups excluding tert-OH is 1. The average Bonchev–Trinajstić information content (AvgIpc) is 2.18. The molecule has 0 bridgehead atoms. The largest absolute Gasteiger partial charge is 0.497 e. The summed E-state index contributed by atoms with van der Waals surface area (Å²) in [5, 5.41) is 9.73. The quantitative estimate of drug-likeness (QED) is 0.713. The van der Waals surface area contributed by atoms with Gasteiger partial charge in [-0.05, 0) is 42.5 Å². The van der Waals surface area contributed by atoms with Crippen LogP contribution in [0.3, 0.4) is 0 Å². The Morgan fingerprint density at radius 2 is 2.31 bits per heavy atom. The number of rotatable bonds is 1. The molecule has 0 aromatic heterocycles. The van der Waals surface area contributed by atoms with Gasteiger partial charge in [0.05, 0.1) is 13.2 Å². The molecule has 1 aromatic rings. The third kappa shape index (κ3) is 1.54. The Morgan fingerprint density at radius 3 is 3.08 bits per heavy atom. The average molecular weight is 178 g/mol. The Hall–Kier alpha value is -1.02. The minimum absolute atomic E-state index is 0.293. The first kappa shape index (κ1) is 8.57. The molecular weight excluding hydrogens is 164 g/mol. The summed E-state index contributed by atoms with van der Waals surface area (Å²) in [5.41, 5.74) is 2.31. The van der Waals surface area contributed by atoms with E-state index in [4.69, 9.17) is 4.74 Å². The Bertz CT molecular complexity index is 307. The van der Waals surface area contributed by atoms with Crippen molar-refractivity contribution in [2.75, 3.05) is 7.11 Å². The highest BCUT2D eigenvalue weighted by Gasteiger charge is 2.17. The van der Waals surface area contributed by atoms with E-state index in [1.165, 1.54) is 5.56 Å². The van der Waals surface area contributed by atoms with Gasteiger partial charge >= 0.3 is 0 Å². The van der Waals surface area contributed by atoms with Crippen molar-refractivity contribution in [2.45, 2.75) is 25.4 Å². The lowest BCUT2D eigenvalue weighted by atomic mass is 9.89. The van der Waals surface area contributed by atoms with Crippen LogP contribution in [-0.4, -0.2) is 12.2 Å². The van der Waals surface area contributed by atoms with Gasteiger partial charge in [0.25, 0.3) is 0 Å². The lowest BCUT2D eigenvalue weighted by Gasteiger charge is -2.21. The number of aliphatic hydroxyl groups is 1. The second-order valence-corrected chi connectivity index (χ2v) is 3.47. The van der Waals surface area contributed by atoms with E-state index in [9.17, 15) is 5.11 Å². The highest BCUT2D eigenvalue weighted by molar-refractivity contribution is 5.38. The molecule has 2 heteroatoms. The normalized spacial score (nSPS) is 20.9. The van der Waals surface area contributed by atoms with Gasteiger partial charge in [0, 0.05) is 0 Å². The molecule has 0 heterocycles. The number of hydrogen-bond donors (Lipinski definition) is 1. The molecule has 2 nitrogen and oxygen atoms in total. The molecule has 1 aromatic carbocycles. The van der Waals surface area contributed by atoms with Crippen LogP contribution in [0, 0.1) is 0 Å². The molecule has 13 heavy (non-hydrogen) atoms. The second kappa shape index (κ2) is 3.38. The maximum atomic E-state index is 9.73. The molecule has 0 radical (unpaired) electrons. The van der Waals surface area contributed by atoms with Crippen molar-refractivity contribution in [1.82, 2.24) is 0 Å². The number of aryl methyl sites for hydroxylation is 1. The molecule has 0 aliphatic heterocycles. The third-order valence-electron chi connectivity index (χ3n) is 2.64. The van der Waals surface area contributed by atoms with E-state index in [1.807, 2.05) is 12.1 Å². The summed E-state index contributed by atoms with van der Waals surface area (Å²) in [6.07, 6.45) is 2.75. The molecule has 1 N–H and O–H groups in total. The molecule has 1 aliphatic carbocycles. The SMILES string of the molecule is COc1ccc2c(c1)[C@H](O)CCC2. The fraction of sp³-hybridized carbons (Fsp3) is 0.455. The van der Waals surface area contributed by atoms with Crippen molar-refractivity contribution in [3.63, 3.8) is 0 Å². The number of ether oxygens (including phenoxy) is 1. The van der Waals surface area contributed by atoms with E-state index in [0.29, 0.717) is 0 Å². The monoisotopic (exact) mass is 178 g/mol. The highest BCUT2D eigenvalue weighted by atomic mass is 16.5. The van der Waals surface area contributed by atoms with Crippen LogP contribution < -0.4 is 4.74 Å². The van der Waals surface area contributed by atoms with Crippen LogP contribution in [0.1, 0.15) is 30.1 Å². The van der Waals surface area contributed by atoms with Gasteiger partial charge < -0.3 is 9.84 Å². The smallest absolute Gasteiger partial charge is 0.119 e. The van der Waals surface area contributed by atoms with Gasteiger partial charge in [-0.15, -0.1) is 0 Å². The molecule has 2 rings (SSSR count). The van der Waals surface area contributed by atoms with Gasteiger partial charge in [0.15, 0.2) is 0 Å². The predicted octanol–water partition coefficient (Wildman–Crippen LogP) is 2.06. The fourth-order valence-electron chi connectivity index (χ4n) is 1.88. The zero-order valence-corrected chi connectivity index (χ0v) is 7.79. The summed E-state index contributed by atoms with van der Waals surface area (Å²) < 4.78 is 5.12. The number of hydrogen-bond acceptors (Lipinski definition) is 2. The summed E-state index contributed by atoms with van der Waals surface area (Å²) in [5.74, 6) is 0.833. The standard InChI is InChI=1S/C11H14O2/c1-13-9-6-5-8-3-2-4-11(12)10(8)7-9/h5-7,11-12H,2-4H2,1H3/t11-/m1/s1. The third-order valence-corrected chi connectivity index (χ3v) is 2.64. The van der Waals surface area contributed by atoms with Crippen molar-refractivity contribution in [3.05, 3.63) is 29.3 Å². The summed E-state index contributed by atoms with van der Waals surface area (Å²) in [7, 11) is 1.65. The van der Waals surface area contributed by atoms with Crippen molar-refractivity contribution in [3.8, 4) is 5.75 Å². The van der Waals surface area contributed by atoms with Gasteiger partial charge in [0.2, 0.25) is 0 Å². The molecule has 0 unspecified atom stereocenters. The van der Waals surface area contributed by atoms with Crippen LogP contribution in [0.2, 0.25) is 0 Å². The Kier molecular flexibility index (Phi) is 2.23. The van der Waals surface area contributed by atoms with Gasteiger partial charge in [-0.2, -0.15) is 0 Å². The number of benzene rings is 1. The molecular formula is C11H14O2. The van der Waals surface area contributed by atoms with Crippen LogP contribution in [0.5, 0.6) is 5.75 Å². The molecule has 0 saturated carbocycles. The van der Waals surface area contributed by atoms with Crippen molar-refractivity contribution in [1.29, 1.82) is 0 Å². The molecule has 1 aliphatic rings. The molecule has 0 fully saturated rings. The number of methoxy groups -OCH3 is 1. The van der Waals surface area contributed by atoms with E-state index in [2.05, 4.69) is 6.07 Å². The van der Waals surface area contributed by atoms with Crippen molar-refractivity contribution < 1.29 is 9.84 Å². The second-order valence-electron chi connectivity index (χ2n) is 3.47. The summed E-state index contributed by atoms with van der Waals surface area (Å²) >= 11 is 0. The number of fused-ring (bicyclic) bond motifs is 1. The van der Waals surface area contributed by atoms with E-state index in [1.54, 1.807) is 7.11 Å². The van der Waals surface area contributed by atoms with E-state index < -0.39 is 0 Å². The van der Waals surface area contributed by atoms with Crippen LogP contribution in [0.15, 0.2) is 18.2 Å². The van der Waals surface area contributed by atoms with Crippen LogP contribution >= 0.6 is 0 Å². The fourth-order valence-corrected chi connectivity index (χ4v) is 1.88. The van der Waals surface area contributed by atoms with Crippen molar-refractivity contribution >= 4 is 0 Å². The maximum absolute atomic E-state index is 9.73. The van der Waals surface area contributed by atoms with Gasteiger partial charge in [-0.1, -0.05) is 6.07 Å². The maximum Gasteiger partial charge on any atom is 0.119 e. The Balaban J connectivity index is 2.41. The minimum Gasteiger partial charge on any atom is -0.497 e. The van der Waals surface area contributed by atoms with Crippen molar-refractivity contribution in [2.24, 2.45) is 0 Å². The molecule has 0 amide bonds. The first-order valence-electron chi connectivity index (χ1n) is 4.66. The van der Waals surface area contributed by atoms with E-state index >= 15 is 0 Å². The Morgan fingerprint density at radius 1 is 1.46 bits per heavy atom. The van der Waals surface area contributed by atoms with Gasteiger partial charge in [-0.3, -0.25) is 0 Å². The van der Waals surface area contributed by atoms with Crippen LogP contribution in [0.25, 0.3) is 0 Å². The zero-order valence-electron chi connectivity index (χ0n) is 7.79. The lowest BCUT2D eigenvalue weighted by Crippen LogP contribution is -2.08. The van der Waals surface area contributed by atoms with Crippen LogP contribution in [0.4, 0.5) is 0 Å². The summed E-state index contributed by atoms with van der Waals surface area (Å²) in [6.45, 7) is 0. The van der Waals surface area contributed by atoms with E-state index in [0.717, 1.165) is 30.6 Å². The molecule has 70 valence electrons. The molecule has 0 spiro atoms.